The number of piperidine rings is 1. The topological polar surface area (TPSA) is 57.6 Å². The molecule has 0 aliphatic carbocycles. The lowest BCUT2D eigenvalue weighted by Crippen LogP contribution is -2.44. The number of aliphatic hydroxyl groups excluding tert-OH is 1. The maximum atomic E-state index is 12.5. The smallest absolute Gasteiger partial charge is 0.243 e. The standard InChI is InChI=1S/C13H19NO3S/c1-10-5-3-4-6-13(10)18(16,17)14-8-7-12(15)11(2)9-14/h3-6,11-12,15H,7-9H2,1-2H3. The Kier molecular flexibility index (Phi) is 3.75. The molecule has 1 heterocycles. The third-order valence-corrected chi connectivity index (χ3v) is 5.56. The van der Waals surface area contributed by atoms with Crippen molar-refractivity contribution in [1.29, 1.82) is 0 Å². The summed E-state index contributed by atoms with van der Waals surface area (Å²) in [6.07, 6.45) is 0.111. The van der Waals surface area contributed by atoms with Gasteiger partial charge in [0.2, 0.25) is 10.0 Å². The van der Waals surface area contributed by atoms with E-state index in [1.807, 2.05) is 13.0 Å². The molecule has 0 spiro atoms. The summed E-state index contributed by atoms with van der Waals surface area (Å²) >= 11 is 0. The van der Waals surface area contributed by atoms with Crippen molar-refractivity contribution in [2.75, 3.05) is 13.1 Å². The monoisotopic (exact) mass is 269 g/mol. The SMILES string of the molecule is Cc1ccccc1S(=O)(=O)N1CCC(O)C(C)C1. The Hall–Kier alpha value is -0.910. The van der Waals surface area contributed by atoms with Gasteiger partial charge in [0.05, 0.1) is 11.0 Å². The first-order chi connectivity index (χ1) is 8.43. The highest BCUT2D eigenvalue weighted by atomic mass is 32.2. The van der Waals surface area contributed by atoms with Crippen LogP contribution in [0.5, 0.6) is 0 Å². The average molecular weight is 269 g/mol. The Morgan fingerprint density at radius 3 is 2.61 bits per heavy atom. The Morgan fingerprint density at radius 1 is 1.33 bits per heavy atom. The van der Waals surface area contributed by atoms with Gasteiger partial charge in [-0.1, -0.05) is 25.1 Å². The molecule has 1 aromatic rings. The summed E-state index contributed by atoms with van der Waals surface area (Å²) in [6.45, 7) is 4.46. The van der Waals surface area contributed by atoms with E-state index >= 15 is 0 Å². The molecule has 0 saturated carbocycles. The van der Waals surface area contributed by atoms with Gasteiger partial charge in [0.25, 0.3) is 0 Å². The number of hydrogen-bond donors (Lipinski definition) is 1. The van der Waals surface area contributed by atoms with Gasteiger partial charge in [-0.3, -0.25) is 0 Å². The van der Waals surface area contributed by atoms with E-state index in [-0.39, 0.29) is 5.92 Å². The van der Waals surface area contributed by atoms with Gasteiger partial charge in [-0.15, -0.1) is 0 Å². The second-order valence-electron chi connectivity index (χ2n) is 4.96. The van der Waals surface area contributed by atoms with Gasteiger partial charge in [-0.2, -0.15) is 4.31 Å². The van der Waals surface area contributed by atoms with E-state index in [4.69, 9.17) is 0 Å². The lowest BCUT2D eigenvalue weighted by atomic mass is 9.99. The van der Waals surface area contributed by atoms with Crippen LogP contribution in [-0.4, -0.2) is 37.0 Å². The lowest BCUT2D eigenvalue weighted by Gasteiger charge is -2.33. The summed E-state index contributed by atoms with van der Waals surface area (Å²) < 4.78 is 26.5. The zero-order valence-corrected chi connectivity index (χ0v) is 11.5. The van der Waals surface area contributed by atoms with E-state index in [9.17, 15) is 13.5 Å². The number of sulfonamides is 1. The van der Waals surface area contributed by atoms with Crippen molar-refractivity contribution < 1.29 is 13.5 Å². The van der Waals surface area contributed by atoms with Crippen LogP contribution in [0.15, 0.2) is 29.2 Å². The minimum absolute atomic E-state index is 0.0162. The Balaban J connectivity index is 2.30. The Morgan fingerprint density at radius 2 is 2.00 bits per heavy atom. The summed E-state index contributed by atoms with van der Waals surface area (Å²) in [5.41, 5.74) is 0.760. The molecule has 0 radical (unpaired) electrons. The number of aliphatic hydroxyl groups is 1. The second-order valence-corrected chi connectivity index (χ2v) is 6.87. The van der Waals surface area contributed by atoms with Crippen LogP contribution in [0.1, 0.15) is 18.9 Å². The minimum Gasteiger partial charge on any atom is -0.393 e. The largest absolute Gasteiger partial charge is 0.393 e. The minimum atomic E-state index is -3.43. The molecular weight excluding hydrogens is 250 g/mol. The predicted octanol–water partition coefficient (Wildman–Crippen LogP) is 1.39. The molecule has 5 heteroatoms. The quantitative estimate of drug-likeness (QED) is 0.882. The molecule has 1 saturated heterocycles. The molecule has 2 rings (SSSR count). The highest BCUT2D eigenvalue weighted by Gasteiger charge is 2.33. The Labute approximate surface area is 108 Å². The van der Waals surface area contributed by atoms with Crippen LogP contribution in [-0.2, 0) is 10.0 Å². The van der Waals surface area contributed by atoms with Crippen LogP contribution in [0.4, 0.5) is 0 Å². The van der Waals surface area contributed by atoms with Crippen LogP contribution in [0.2, 0.25) is 0 Å². The summed E-state index contributed by atoms with van der Waals surface area (Å²) in [5, 5.41) is 9.66. The molecule has 1 N–H and O–H groups in total. The van der Waals surface area contributed by atoms with E-state index in [2.05, 4.69) is 0 Å². The van der Waals surface area contributed by atoms with Gasteiger partial charge in [-0.25, -0.2) is 8.42 Å². The molecule has 100 valence electrons. The molecule has 1 aliphatic heterocycles. The molecule has 4 nitrogen and oxygen atoms in total. The van der Waals surface area contributed by atoms with Gasteiger partial charge in [0, 0.05) is 13.1 Å². The molecular formula is C13H19NO3S. The van der Waals surface area contributed by atoms with E-state index < -0.39 is 16.1 Å². The average Bonchev–Trinajstić information content (AvgIpc) is 2.33. The summed E-state index contributed by atoms with van der Waals surface area (Å²) in [7, 11) is -3.43. The van der Waals surface area contributed by atoms with Crippen LogP contribution in [0.3, 0.4) is 0 Å². The maximum Gasteiger partial charge on any atom is 0.243 e. The van der Waals surface area contributed by atoms with Gasteiger partial charge < -0.3 is 5.11 Å². The first-order valence-electron chi connectivity index (χ1n) is 6.17. The van der Waals surface area contributed by atoms with Crippen molar-refractivity contribution in [2.24, 2.45) is 5.92 Å². The zero-order valence-electron chi connectivity index (χ0n) is 10.7. The van der Waals surface area contributed by atoms with E-state index in [1.54, 1.807) is 25.1 Å². The number of aryl methyl sites for hydroxylation is 1. The predicted molar refractivity (Wildman–Crippen MR) is 69.7 cm³/mol. The van der Waals surface area contributed by atoms with Crippen LogP contribution < -0.4 is 0 Å². The van der Waals surface area contributed by atoms with E-state index in [0.717, 1.165) is 5.56 Å². The fourth-order valence-corrected chi connectivity index (χ4v) is 4.08. The van der Waals surface area contributed by atoms with Gasteiger partial charge in [-0.05, 0) is 30.9 Å². The van der Waals surface area contributed by atoms with Crippen LogP contribution in [0.25, 0.3) is 0 Å². The first-order valence-corrected chi connectivity index (χ1v) is 7.61. The third-order valence-electron chi connectivity index (χ3n) is 3.53. The van der Waals surface area contributed by atoms with Crippen molar-refractivity contribution in [3.63, 3.8) is 0 Å². The molecule has 1 aromatic carbocycles. The van der Waals surface area contributed by atoms with Crippen LogP contribution >= 0.6 is 0 Å². The molecule has 0 bridgehead atoms. The molecule has 2 atom stereocenters. The highest BCUT2D eigenvalue weighted by Crippen LogP contribution is 2.25. The maximum absolute atomic E-state index is 12.5. The molecule has 18 heavy (non-hydrogen) atoms. The van der Waals surface area contributed by atoms with Crippen molar-refractivity contribution >= 4 is 10.0 Å². The van der Waals surface area contributed by atoms with Gasteiger partial charge in [0.1, 0.15) is 0 Å². The normalized spacial score (nSPS) is 26.2. The molecule has 0 aromatic heterocycles. The zero-order chi connectivity index (χ0) is 13.3. The third kappa shape index (κ3) is 2.43. The van der Waals surface area contributed by atoms with Crippen molar-refractivity contribution in [3.8, 4) is 0 Å². The molecule has 0 amide bonds. The molecule has 2 unspecified atom stereocenters. The fourth-order valence-electron chi connectivity index (χ4n) is 2.30. The molecule has 1 fully saturated rings. The van der Waals surface area contributed by atoms with E-state index in [0.29, 0.717) is 24.4 Å². The second kappa shape index (κ2) is 4.99. The number of rotatable bonds is 2. The number of nitrogens with zero attached hydrogens (tertiary/aromatic N) is 1. The summed E-state index contributed by atoms with van der Waals surface area (Å²) in [6, 6.07) is 7.01. The van der Waals surface area contributed by atoms with E-state index in [1.165, 1.54) is 4.31 Å². The van der Waals surface area contributed by atoms with Gasteiger partial charge in [0.15, 0.2) is 0 Å². The number of hydrogen-bond acceptors (Lipinski definition) is 3. The number of benzene rings is 1. The summed E-state index contributed by atoms with van der Waals surface area (Å²) in [4.78, 5) is 0.369. The fraction of sp³-hybridized carbons (Fsp3) is 0.538. The van der Waals surface area contributed by atoms with Crippen molar-refractivity contribution in [2.45, 2.75) is 31.3 Å². The first kappa shape index (κ1) is 13.5. The van der Waals surface area contributed by atoms with Crippen LogP contribution in [0, 0.1) is 12.8 Å². The van der Waals surface area contributed by atoms with Crippen molar-refractivity contribution in [3.05, 3.63) is 29.8 Å². The lowest BCUT2D eigenvalue weighted by molar-refractivity contribution is 0.0628. The van der Waals surface area contributed by atoms with Crippen molar-refractivity contribution in [1.82, 2.24) is 4.31 Å². The Bertz CT molecular complexity index is 527. The van der Waals surface area contributed by atoms with Gasteiger partial charge >= 0.3 is 0 Å². The molecule has 1 aliphatic rings. The highest BCUT2D eigenvalue weighted by molar-refractivity contribution is 7.89. The summed E-state index contributed by atoms with van der Waals surface area (Å²) in [5.74, 6) is -0.0162.